The minimum Gasteiger partial charge on any atom is -0.479 e. The fourth-order valence-electron chi connectivity index (χ4n) is 3.55. The number of carbonyl (C=O) groups is 1. The van der Waals surface area contributed by atoms with E-state index < -0.39 is 21.9 Å². The number of thiazole rings is 1. The van der Waals surface area contributed by atoms with Crippen LogP contribution in [0.2, 0.25) is 0 Å². The van der Waals surface area contributed by atoms with Crippen LogP contribution in [0.3, 0.4) is 0 Å². The summed E-state index contributed by atoms with van der Waals surface area (Å²) in [7, 11) is 0. The average molecular weight is 488 g/mol. The van der Waals surface area contributed by atoms with Crippen molar-refractivity contribution in [2.75, 3.05) is 0 Å². The molecule has 1 aromatic heterocycles. The van der Waals surface area contributed by atoms with Crippen LogP contribution in [0.15, 0.2) is 45.6 Å². The SMILES string of the molecule is CCC(Oc1cccc2c1CCc1sc(Sc3ccc([N+](=O)[O-])cc3[N+](=O)[O-])nc1-2)C(=O)O. The summed E-state index contributed by atoms with van der Waals surface area (Å²) in [5.74, 6) is -0.510. The van der Waals surface area contributed by atoms with Gasteiger partial charge in [0, 0.05) is 22.1 Å². The summed E-state index contributed by atoms with van der Waals surface area (Å²) in [6, 6.07) is 8.96. The molecule has 1 N–H and O–H groups in total. The van der Waals surface area contributed by atoms with E-state index >= 15 is 0 Å². The van der Waals surface area contributed by atoms with Crippen molar-refractivity contribution in [3.63, 3.8) is 0 Å². The summed E-state index contributed by atoms with van der Waals surface area (Å²) in [5, 5.41) is 31.7. The second-order valence-corrected chi connectivity index (χ2v) is 9.53. The van der Waals surface area contributed by atoms with E-state index in [0.717, 1.165) is 39.5 Å². The minimum absolute atomic E-state index is 0.265. The van der Waals surface area contributed by atoms with Gasteiger partial charge in [0.05, 0.1) is 26.5 Å². The Morgan fingerprint density at radius 3 is 2.70 bits per heavy atom. The first-order valence-corrected chi connectivity index (χ1v) is 11.5. The number of nitro groups is 2. The number of carboxylic acids is 1. The Labute approximate surface area is 195 Å². The summed E-state index contributed by atoms with van der Waals surface area (Å²) in [6.07, 6.45) is 0.712. The average Bonchev–Trinajstić information content (AvgIpc) is 3.20. The van der Waals surface area contributed by atoms with Crippen molar-refractivity contribution in [3.8, 4) is 17.0 Å². The van der Waals surface area contributed by atoms with Crippen molar-refractivity contribution < 1.29 is 24.5 Å². The van der Waals surface area contributed by atoms with E-state index in [1.54, 1.807) is 19.1 Å². The number of carboxylic acid groups (broad SMARTS) is 1. The molecule has 12 heteroatoms. The Morgan fingerprint density at radius 2 is 2.03 bits per heavy atom. The van der Waals surface area contributed by atoms with E-state index in [-0.39, 0.29) is 16.3 Å². The van der Waals surface area contributed by atoms with Crippen LogP contribution >= 0.6 is 23.1 Å². The molecule has 1 atom stereocenters. The molecule has 1 aliphatic rings. The quantitative estimate of drug-likeness (QED) is 0.338. The van der Waals surface area contributed by atoms with Crippen LogP contribution in [0, 0.1) is 20.2 Å². The highest BCUT2D eigenvalue weighted by molar-refractivity contribution is 8.01. The first-order chi connectivity index (χ1) is 15.8. The van der Waals surface area contributed by atoms with E-state index in [2.05, 4.69) is 4.98 Å². The number of aliphatic carboxylic acids is 1. The molecule has 0 aliphatic heterocycles. The third-order valence-corrected chi connectivity index (χ3v) is 7.37. The molecule has 0 saturated carbocycles. The van der Waals surface area contributed by atoms with Gasteiger partial charge in [-0.1, -0.05) is 30.8 Å². The Bertz CT molecular complexity index is 1270. The number of nitro benzene ring substituents is 2. The van der Waals surface area contributed by atoms with Gasteiger partial charge in [-0.15, -0.1) is 11.3 Å². The number of rotatable bonds is 8. The molecule has 0 spiro atoms. The topological polar surface area (TPSA) is 146 Å². The summed E-state index contributed by atoms with van der Waals surface area (Å²) in [5.41, 5.74) is 1.76. The molecule has 2 aromatic carbocycles. The lowest BCUT2D eigenvalue weighted by molar-refractivity contribution is -0.396. The van der Waals surface area contributed by atoms with Gasteiger partial charge in [0.25, 0.3) is 11.4 Å². The Balaban J connectivity index is 1.67. The molecule has 1 unspecified atom stereocenters. The number of hydrogen-bond acceptors (Lipinski definition) is 9. The molecule has 10 nitrogen and oxygen atoms in total. The molecule has 1 aliphatic carbocycles. The highest BCUT2D eigenvalue weighted by atomic mass is 32.2. The Morgan fingerprint density at radius 1 is 1.24 bits per heavy atom. The van der Waals surface area contributed by atoms with Crippen LogP contribution in [0.1, 0.15) is 23.8 Å². The van der Waals surface area contributed by atoms with Gasteiger partial charge in [0.15, 0.2) is 10.4 Å². The largest absolute Gasteiger partial charge is 0.479 e. The van der Waals surface area contributed by atoms with Gasteiger partial charge in [0.2, 0.25) is 0 Å². The number of aromatic nitrogens is 1. The smallest absolute Gasteiger partial charge is 0.344 e. The Hall–Kier alpha value is -3.51. The van der Waals surface area contributed by atoms with Crippen LogP contribution < -0.4 is 4.74 Å². The molecule has 0 bridgehead atoms. The van der Waals surface area contributed by atoms with Crippen LogP contribution in [-0.4, -0.2) is 32.0 Å². The molecule has 1 heterocycles. The number of aryl methyl sites for hydroxylation is 1. The molecule has 0 fully saturated rings. The lowest BCUT2D eigenvalue weighted by atomic mass is 9.92. The fraction of sp³-hybridized carbons (Fsp3) is 0.238. The molecule has 3 aromatic rings. The van der Waals surface area contributed by atoms with Crippen molar-refractivity contribution >= 4 is 40.4 Å². The van der Waals surface area contributed by atoms with Gasteiger partial charge < -0.3 is 9.84 Å². The van der Waals surface area contributed by atoms with Crippen molar-refractivity contribution in [2.24, 2.45) is 0 Å². The molecule has 0 amide bonds. The normalized spacial score (nSPS) is 13.0. The van der Waals surface area contributed by atoms with E-state index in [0.29, 0.717) is 29.4 Å². The summed E-state index contributed by atoms with van der Waals surface area (Å²) in [4.78, 5) is 38.4. The van der Waals surface area contributed by atoms with E-state index in [1.807, 2.05) is 6.07 Å². The molecule has 0 saturated heterocycles. The van der Waals surface area contributed by atoms with Crippen molar-refractivity contribution in [2.45, 2.75) is 41.5 Å². The zero-order chi connectivity index (χ0) is 23.7. The minimum atomic E-state index is -1.02. The van der Waals surface area contributed by atoms with Gasteiger partial charge in [-0.05, 0) is 31.4 Å². The van der Waals surface area contributed by atoms with Crippen LogP contribution in [-0.2, 0) is 17.6 Å². The van der Waals surface area contributed by atoms with Crippen molar-refractivity contribution in [1.29, 1.82) is 0 Å². The second kappa shape index (κ2) is 9.16. The number of hydrogen-bond donors (Lipinski definition) is 1. The maximum absolute atomic E-state index is 11.4. The number of fused-ring (bicyclic) bond motifs is 3. The van der Waals surface area contributed by atoms with Gasteiger partial charge in [0.1, 0.15) is 5.75 Å². The first kappa shape index (κ1) is 22.7. The van der Waals surface area contributed by atoms with E-state index in [4.69, 9.17) is 4.74 Å². The van der Waals surface area contributed by atoms with E-state index in [1.165, 1.54) is 23.5 Å². The second-order valence-electron chi connectivity index (χ2n) is 7.16. The predicted molar refractivity (Wildman–Crippen MR) is 121 cm³/mol. The van der Waals surface area contributed by atoms with E-state index in [9.17, 15) is 30.1 Å². The molecular weight excluding hydrogens is 470 g/mol. The van der Waals surface area contributed by atoms with Crippen LogP contribution in [0.25, 0.3) is 11.3 Å². The highest BCUT2D eigenvalue weighted by Crippen LogP contribution is 2.45. The predicted octanol–water partition coefficient (Wildman–Crippen LogP) is 5.12. The maximum Gasteiger partial charge on any atom is 0.344 e. The number of ether oxygens (including phenoxy) is 1. The fourth-order valence-corrected chi connectivity index (χ4v) is 5.79. The lowest BCUT2D eigenvalue weighted by Gasteiger charge is -2.21. The van der Waals surface area contributed by atoms with Crippen LogP contribution in [0.4, 0.5) is 11.4 Å². The third-order valence-electron chi connectivity index (χ3n) is 5.13. The lowest BCUT2D eigenvalue weighted by Crippen LogP contribution is -2.26. The van der Waals surface area contributed by atoms with Gasteiger partial charge in [-0.2, -0.15) is 0 Å². The zero-order valence-corrected chi connectivity index (χ0v) is 18.9. The molecule has 0 radical (unpaired) electrons. The summed E-state index contributed by atoms with van der Waals surface area (Å²) >= 11 is 2.50. The summed E-state index contributed by atoms with van der Waals surface area (Å²) < 4.78 is 6.33. The Kier molecular flexibility index (Phi) is 6.29. The number of benzene rings is 2. The molecule has 170 valence electrons. The maximum atomic E-state index is 11.4. The number of non-ortho nitro benzene ring substituents is 1. The monoisotopic (exact) mass is 487 g/mol. The van der Waals surface area contributed by atoms with Gasteiger partial charge in [-0.25, -0.2) is 9.78 Å². The highest BCUT2D eigenvalue weighted by Gasteiger charge is 2.27. The van der Waals surface area contributed by atoms with Crippen molar-refractivity contribution in [1.82, 2.24) is 4.98 Å². The van der Waals surface area contributed by atoms with Gasteiger partial charge in [-0.3, -0.25) is 20.2 Å². The third kappa shape index (κ3) is 4.52. The van der Waals surface area contributed by atoms with Crippen LogP contribution in [0.5, 0.6) is 5.75 Å². The molecule has 33 heavy (non-hydrogen) atoms. The zero-order valence-electron chi connectivity index (χ0n) is 17.2. The molecule has 4 rings (SSSR count). The molecular formula is C21H17N3O7S2. The summed E-state index contributed by atoms with van der Waals surface area (Å²) in [6.45, 7) is 1.74. The van der Waals surface area contributed by atoms with Gasteiger partial charge >= 0.3 is 5.97 Å². The van der Waals surface area contributed by atoms with Crippen molar-refractivity contribution in [3.05, 3.63) is 67.1 Å². The number of nitrogens with zero attached hydrogens (tertiary/aromatic N) is 3. The standard InChI is InChI=1S/C21H17N3O7S2/c1-2-15(20(25)26)31-16-5-3-4-13-12(16)7-9-18-19(13)22-21(33-18)32-17-8-6-11(23(27)28)10-14(17)24(29)30/h3-6,8,10,15H,2,7,9H2,1H3,(H,25,26). The first-order valence-electron chi connectivity index (χ1n) is 9.90.